The van der Waals surface area contributed by atoms with Gasteiger partial charge in [-0.3, -0.25) is 4.79 Å². The van der Waals surface area contributed by atoms with Crippen LogP contribution in [-0.4, -0.2) is 34.9 Å². The highest BCUT2D eigenvalue weighted by molar-refractivity contribution is 7.21. The van der Waals surface area contributed by atoms with Crippen molar-refractivity contribution in [1.82, 2.24) is 5.32 Å². The van der Waals surface area contributed by atoms with Crippen LogP contribution in [0.2, 0.25) is 5.02 Å². The Balaban J connectivity index is 2.41. The number of halogens is 1. The van der Waals surface area contributed by atoms with Crippen molar-refractivity contribution in [2.45, 2.75) is 12.5 Å². The molecule has 2 rings (SSSR count). The maximum Gasteiger partial charge on any atom is 0.264 e. The second-order valence-corrected chi connectivity index (χ2v) is 6.25. The number of benzene rings is 1. The molecule has 0 aliphatic heterocycles. The van der Waals surface area contributed by atoms with E-state index in [0.717, 1.165) is 4.70 Å². The van der Waals surface area contributed by atoms with Gasteiger partial charge in [0.25, 0.3) is 5.91 Å². The number of nitrogen functional groups attached to an aromatic ring is 1. The average Bonchev–Trinajstić information content (AvgIpc) is 2.77. The highest BCUT2D eigenvalue weighted by atomic mass is 35.5. The van der Waals surface area contributed by atoms with Crippen LogP contribution >= 0.6 is 22.9 Å². The molecule has 0 atom stereocenters. The first-order chi connectivity index (χ1) is 9.41. The summed E-state index contributed by atoms with van der Waals surface area (Å²) >= 11 is 7.31. The van der Waals surface area contributed by atoms with E-state index in [9.17, 15) is 15.0 Å². The first kappa shape index (κ1) is 15.1. The molecule has 7 heteroatoms. The first-order valence-electron chi connectivity index (χ1n) is 5.92. The van der Waals surface area contributed by atoms with E-state index < -0.39 is 11.4 Å². The van der Waals surface area contributed by atoms with Gasteiger partial charge in [0.15, 0.2) is 0 Å². The van der Waals surface area contributed by atoms with Crippen LogP contribution in [0.25, 0.3) is 10.1 Å². The average molecular weight is 315 g/mol. The van der Waals surface area contributed by atoms with Gasteiger partial charge in [-0.05, 0) is 19.1 Å². The van der Waals surface area contributed by atoms with Crippen LogP contribution < -0.4 is 11.1 Å². The third kappa shape index (κ3) is 2.60. The van der Waals surface area contributed by atoms with E-state index >= 15 is 0 Å². The zero-order chi connectivity index (χ0) is 14.9. The number of nitrogens with two attached hydrogens (primary N) is 1. The van der Waals surface area contributed by atoms with E-state index in [1.54, 1.807) is 19.1 Å². The second-order valence-electron chi connectivity index (χ2n) is 4.79. The van der Waals surface area contributed by atoms with E-state index in [4.69, 9.17) is 17.3 Å². The summed E-state index contributed by atoms with van der Waals surface area (Å²) < 4.78 is 0.815. The number of nitrogens with one attached hydrogen (secondary N) is 1. The minimum atomic E-state index is -1.09. The third-order valence-corrected chi connectivity index (χ3v) is 4.51. The monoisotopic (exact) mass is 314 g/mol. The lowest BCUT2D eigenvalue weighted by Crippen LogP contribution is -2.51. The molecule has 0 aliphatic rings. The maximum absolute atomic E-state index is 12.2. The summed E-state index contributed by atoms with van der Waals surface area (Å²) in [7, 11) is 0. The minimum absolute atomic E-state index is 0.311. The van der Waals surface area contributed by atoms with Crippen molar-refractivity contribution < 1.29 is 15.0 Å². The minimum Gasteiger partial charge on any atom is -0.397 e. The van der Waals surface area contributed by atoms with Crippen molar-refractivity contribution in [2.75, 3.05) is 18.9 Å². The fourth-order valence-electron chi connectivity index (χ4n) is 1.76. The van der Waals surface area contributed by atoms with Gasteiger partial charge in [0, 0.05) is 10.1 Å². The van der Waals surface area contributed by atoms with Gasteiger partial charge in [-0.15, -0.1) is 11.3 Å². The number of hydrogen-bond acceptors (Lipinski definition) is 5. The number of thiophene rings is 1. The van der Waals surface area contributed by atoms with Crippen LogP contribution in [0, 0.1) is 0 Å². The van der Waals surface area contributed by atoms with E-state index in [1.165, 1.54) is 11.3 Å². The van der Waals surface area contributed by atoms with Crippen LogP contribution in [0.3, 0.4) is 0 Å². The number of aliphatic hydroxyl groups excluding tert-OH is 2. The second kappa shape index (κ2) is 5.57. The fourth-order valence-corrected chi connectivity index (χ4v) is 3.13. The molecule has 1 aromatic carbocycles. The van der Waals surface area contributed by atoms with Crippen molar-refractivity contribution in [3.63, 3.8) is 0 Å². The molecule has 0 fully saturated rings. The van der Waals surface area contributed by atoms with Gasteiger partial charge in [0.2, 0.25) is 0 Å². The summed E-state index contributed by atoms with van der Waals surface area (Å²) in [5.74, 6) is -0.439. The summed E-state index contributed by atoms with van der Waals surface area (Å²) in [4.78, 5) is 12.6. The Kier molecular flexibility index (Phi) is 4.19. The molecule has 0 radical (unpaired) electrons. The molecule has 5 N–H and O–H groups in total. The fraction of sp³-hybridized carbons (Fsp3) is 0.308. The molecule has 5 nitrogen and oxygen atoms in total. The standard InChI is InChI=1S/C13H15ClN2O3S/c1-13(5-17,6-18)16-12(19)11-10(15)9-7(14)3-2-4-8(9)20-11/h2-4,17-18H,5-6,15H2,1H3,(H,16,19). The molecular formula is C13H15ClN2O3S. The van der Waals surface area contributed by atoms with Crippen LogP contribution in [0.15, 0.2) is 18.2 Å². The summed E-state index contributed by atoms with van der Waals surface area (Å²) in [6.45, 7) is 0.795. The predicted octanol–water partition coefficient (Wildman–Crippen LogP) is 1.61. The Morgan fingerprint density at radius 3 is 2.65 bits per heavy atom. The number of carbonyl (C=O) groups is 1. The van der Waals surface area contributed by atoms with Gasteiger partial charge < -0.3 is 21.3 Å². The molecule has 0 aliphatic carbocycles. The lowest BCUT2D eigenvalue weighted by Gasteiger charge is -2.25. The Morgan fingerprint density at radius 1 is 1.45 bits per heavy atom. The van der Waals surface area contributed by atoms with Crippen molar-refractivity contribution in [3.8, 4) is 0 Å². The van der Waals surface area contributed by atoms with Crippen molar-refractivity contribution in [2.24, 2.45) is 0 Å². The Hall–Kier alpha value is -1.34. The van der Waals surface area contributed by atoms with E-state index in [2.05, 4.69) is 5.32 Å². The highest BCUT2D eigenvalue weighted by Gasteiger charge is 2.27. The number of aliphatic hydroxyl groups is 2. The van der Waals surface area contributed by atoms with Crippen LogP contribution in [0.1, 0.15) is 16.6 Å². The van der Waals surface area contributed by atoms with Crippen molar-refractivity contribution in [1.29, 1.82) is 0 Å². The number of hydrogen-bond donors (Lipinski definition) is 4. The molecule has 0 saturated carbocycles. The lowest BCUT2D eigenvalue weighted by atomic mass is 10.1. The zero-order valence-corrected chi connectivity index (χ0v) is 12.4. The summed E-state index contributed by atoms with van der Waals surface area (Å²) in [5, 5.41) is 22.1. The van der Waals surface area contributed by atoms with Gasteiger partial charge in [0.05, 0.1) is 29.5 Å². The molecule has 1 amide bonds. The Morgan fingerprint density at radius 2 is 2.10 bits per heavy atom. The van der Waals surface area contributed by atoms with Crippen molar-refractivity contribution >= 4 is 44.6 Å². The molecular weight excluding hydrogens is 300 g/mol. The number of carbonyl (C=O) groups excluding carboxylic acids is 1. The lowest BCUT2D eigenvalue weighted by molar-refractivity contribution is 0.0728. The van der Waals surface area contributed by atoms with Crippen molar-refractivity contribution in [3.05, 3.63) is 28.1 Å². The topological polar surface area (TPSA) is 95.6 Å². The number of rotatable bonds is 4. The highest BCUT2D eigenvalue weighted by Crippen LogP contribution is 2.38. The molecule has 0 spiro atoms. The van der Waals surface area contributed by atoms with Gasteiger partial charge in [0.1, 0.15) is 4.88 Å². The Bertz CT molecular complexity index is 652. The molecule has 0 saturated heterocycles. The molecule has 1 aromatic heterocycles. The quantitative estimate of drug-likeness (QED) is 0.689. The SMILES string of the molecule is CC(CO)(CO)NC(=O)c1sc2cccc(Cl)c2c1N. The Labute approximate surface area is 125 Å². The number of fused-ring (bicyclic) bond motifs is 1. The molecule has 0 unspecified atom stereocenters. The molecule has 20 heavy (non-hydrogen) atoms. The number of amides is 1. The summed E-state index contributed by atoms with van der Waals surface area (Å²) in [6, 6.07) is 5.32. The van der Waals surface area contributed by atoms with Gasteiger partial charge in [-0.2, -0.15) is 0 Å². The molecule has 0 bridgehead atoms. The molecule has 108 valence electrons. The molecule has 2 aromatic rings. The van der Waals surface area contributed by atoms with E-state index in [0.29, 0.717) is 21.0 Å². The maximum atomic E-state index is 12.2. The van der Waals surface area contributed by atoms with Gasteiger partial charge in [-0.1, -0.05) is 17.7 Å². The molecule has 1 heterocycles. The van der Waals surface area contributed by atoms with Gasteiger partial charge in [-0.25, -0.2) is 0 Å². The van der Waals surface area contributed by atoms with Crippen LogP contribution in [0.4, 0.5) is 5.69 Å². The normalized spacial score (nSPS) is 11.8. The number of anilines is 1. The largest absolute Gasteiger partial charge is 0.397 e. The zero-order valence-electron chi connectivity index (χ0n) is 10.8. The van der Waals surface area contributed by atoms with Gasteiger partial charge >= 0.3 is 0 Å². The first-order valence-corrected chi connectivity index (χ1v) is 7.12. The van der Waals surface area contributed by atoms with E-state index in [-0.39, 0.29) is 13.2 Å². The summed E-state index contributed by atoms with van der Waals surface area (Å²) in [6.07, 6.45) is 0. The third-order valence-electron chi connectivity index (χ3n) is 3.02. The smallest absolute Gasteiger partial charge is 0.264 e. The summed E-state index contributed by atoms with van der Waals surface area (Å²) in [5.41, 5.74) is 5.20. The van der Waals surface area contributed by atoms with Crippen LogP contribution in [-0.2, 0) is 0 Å². The predicted molar refractivity (Wildman–Crippen MR) is 81.3 cm³/mol. The van der Waals surface area contributed by atoms with Crippen LogP contribution in [0.5, 0.6) is 0 Å². The van der Waals surface area contributed by atoms with E-state index in [1.807, 2.05) is 6.07 Å².